The maximum absolute atomic E-state index is 5.88. The fourth-order valence-electron chi connectivity index (χ4n) is 3.72. The molecule has 2 heterocycles. The van der Waals surface area contributed by atoms with Gasteiger partial charge in [0.25, 0.3) is 5.88 Å². The Labute approximate surface area is 154 Å². The van der Waals surface area contributed by atoms with E-state index in [1.807, 2.05) is 24.3 Å². The van der Waals surface area contributed by atoms with Gasteiger partial charge in [0, 0.05) is 6.54 Å². The van der Waals surface area contributed by atoms with Gasteiger partial charge in [0.05, 0.1) is 12.0 Å². The first kappa shape index (κ1) is 17.1. The van der Waals surface area contributed by atoms with E-state index in [0.717, 1.165) is 36.3 Å². The van der Waals surface area contributed by atoms with Crippen molar-refractivity contribution in [3.05, 3.63) is 60.2 Å². The largest absolute Gasteiger partial charge is 0.475 e. The van der Waals surface area contributed by atoms with Gasteiger partial charge in [-0.1, -0.05) is 42.5 Å². The van der Waals surface area contributed by atoms with Crippen LogP contribution in [0.25, 0.3) is 11.0 Å². The number of para-hydroxylation sites is 1. The van der Waals surface area contributed by atoms with E-state index in [2.05, 4.69) is 40.4 Å². The highest BCUT2D eigenvalue weighted by Gasteiger charge is 2.19. The zero-order valence-corrected chi connectivity index (χ0v) is 15.1. The summed E-state index contributed by atoms with van der Waals surface area (Å²) in [6.07, 6.45) is 4.76. The zero-order chi connectivity index (χ0) is 17.6. The predicted octanol–water partition coefficient (Wildman–Crippen LogP) is 4.55. The molecule has 0 N–H and O–H groups in total. The summed E-state index contributed by atoms with van der Waals surface area (Å²) in [5.74, 6) is 1.38. The molecule has 1 saturated heterocycles. The Kier molecular flexibility index (Phi) is 5.50. The Hall–Kier alpha value is -2.33. The van der Waals surface area contributed by atoms with Crippen molar-refractivity contribution < 1.29 is 9.26 Å². The third kappa shape index (κ3) is 4.25. The molecule has 3 aromatic rings. The number of benzene rings is 2. The quantitative estimate of drug-likeness (QED) is 0.626. The molecule has 4 heteroatoms. The average molecular weight is 350 g/mol. The van der Waals surface area contributed by atoms with E-state index in [1.165, 1.54) is 31.5 Å². The molecule has 0 aliphatic carbocycles. The number of hydrogen-bond acceptors (Lipinski definition) is 4. The molecule has 1 aliphatic rings. The van der Waals surface area contributed by atoms with Crippen molar-refractivity contribution in [2.75, 3.05) is 26.2 Å². The normalized spacial score (nSPS) is 16.2. The van der Waals surface area contributed by atoms with Crippen LogP contribution in [0.3, 0.4) is 0 Å². The van der Waals surface area contributed by atoms with Gasteiger partial charge in [-0.3, -0.25) is 0 Å². The molecule has 2 aromatic carbocycles. The minimum Gasteiger partial charge on any atom is -0.475 e. The van der Waals surface area contributed by atoms with E-state index in [0.29, 0.717) is 12.5 Å². The van der Waals surface area contributed by atoms with Crippen LogP contribution in [0, 0.1) is 5.92 Å². The molecule has 1 aromatic heterocycles. The number of ether oxygens (including phenoxy) is 1. The first-order valence-electron chi connectivity index (χ1n) is 9.62. The smallest absolute Gasteiger partial charge is 0.262 e. The standard InChI is InChI=1S/C22H26N2O2/c1-2-6-18(7-3-1)10-14-24-15-11-19(12-16-24)13-17-25-22-20-8-4-5-9-21(20)26-23-22/h1-9,19H,10-17H2. The molecule has 4 rings (SSSR count). The lowest BCUT2D eigenvalue weighted by atomic mass is 9.93. The first-order chi connectivity index (χ1) is 12.9. The highest BCUT2D eigenvalue weighted by Crippen LogP contribution is 2.26. The average Bonchev–Trinajstić information content (AvgIpc) is 3.11. The summed E-state index contributed by atoms with van der Waals surface area (Å²) in [5.41, 5.74) is 2.22. The maximum atomic E-state index is 5.88. The lowest BCUT2D eigenvalue weighted by molar-refractivity contribution is 0.162. The van der Waals surface area contributed by atoms with Gasteiger partial charge in [0.2, 0.25) is 0 Å². The van der Waals surface area contributed by atoms with Gasteiger partial charge in [-0.25, -0.2) is 0 Å². The molecular weight excluding hydrogens is 324 g/mol. The van der Waals surface area contributed by atoms with E-state index >= 15 is 0 Å². The van der Waals surface area contributed by atoms with Crippen LogP contribution in [0.15, 0.2) is 59.1 Å². The van der Waals surface area contributed by atoms with Crippen LogP contribution in [0.2, 0.25) is 0 Å². The van der Waals surface area contributed by atoms with E-state index in [4.69, 9.17) is 9.26 Å². The Morgan fingerprint density at radius 3 is 2.62 bits per heavy atom. The second kappa shape index (κ2) is 8.37. The Morgan fingerprint density at radius 2 is 1.77 bits per heavy atom. The molecule has 4 nitrogen and oxygen atoms in total. The number of fused-ring (bicyclic) bond motifs is 1. The SMILES string of the molecule is c1ccc(CCN2CCC(CCOc3noc4ccccc34)CC2)cc1. The number of nitrogens with zero attached hydrogens (tertiary/aromatic N) is 2. The van der Waals surface area contributed by atoms with Crippen LogP contribution in [-0.4, -0.2) is 36.3 Å². The topological polar surface area (TPSA) is 38.5 Å². The summed E-state index contributed by atoms with van der Waals surface area (Å²) in [4.78, 5) is 2.59. The van der Waals surface area contributed by atoms with Crippen LogP contribution in [0.4, 0.5) is 0 Å². The second-order valence-corrected chi connectivity index (χ2v) is 7.14. The molecule has 0 atom stereocenters. The Balaban J connectivity index is 1.17. The predicted molar refractivity (Wildman–Crippen MR) is 103 cm³/mol. The summed E-state index contributed by atoms with van der Waals surface area (Å²) in [6, 6.07) is 18.6. The van der Waals surface area contributed by atoms with Gasteiger partial charge >= 0.3 is 0 Å². The van der Waals surface area contributed by atoms with Crippen LogP contribution in [0.1, 0.15) is 24.8 Å². The summed E-state index contributed by atoms with van der Waals surface area (Å²) in [6.45, 7) is 4.28. The number of hydrogen-bond donors (Lipinski definition) is 0. The second-order valence-electron chi connectivity index (χ2n) is 7.14. The molecular formula is C22H26N2O2. The van der Waals surface area contributed by atoms with Crippen molar-refractivity contribution in [1.82, 2.24) is 10.1 Å². The van der Waals surface area contributed by atoms with Gasteiger partial charge in [-0.05, 0) is 67.5 Å². The van der Waals surface area contributed by atoms with Crippen molar-refractivity contribution in [3.8, 4) is 5.88 Å². The summed E-state index contributed by atoms with van der Waals surface area (Å²) in [7, 11) is 0. The summed E-state index contributed by atoms with van der Waals surface area (Å²) in [5, 5.41) is 5.00. The van der Waals surface area contributed by atoms with Crippen LogP contribution in [-0.2, 0) is 6.42 Å². The monoisotopic (exact) mass is 350 g/mol. The highest BCUT2D eigenvalue weighted by atomic mass is 16.5. The number of aromatic nitrogens is 1. The molecule has 0 radical (unpaired) electrons. The van der Waals surface area contributed by atoms with Gasteiger partial charge in [-0.15, -0.1) is 0 Å². The van der Waals surface area contributed by atoms with Gasteiger partial charge in [-0.2, -0.15) is 0 Å². The lowest BCUT2D eigenvalue weighted by Crippen LogP contribution is -2.35. The number of likely N-dealkylation sites (tertiary alicyclic amines) is 1. The third-order valence-electron chi connectivity index (χ3n) is 5.38. The Bertz CT molecular complexity index is 807. The van der Waals surface area contributed by atoms with Crippen molar-refractivity contribution in [3.63, 3.8) is 0 Å². The molecule has 0 amide bonds. The van der Waals surface area contributed by atoms with Crippen molar-refractivity contribution >= 4 is 11.0 Å². The molecule has 0 saturated carbocycles. The third-order valence-corrected chi connectivity index (χ3v) is 5.38. The maximum Gasteiger partial charge on any atom is 0.262 e. The van der Waals surface area contributed by atoms with Gasteiger partial charge in [0.1, 0.15) is 0 Å². The van der Waals surface area contributed by atoms with Crippen molar-refractivity contribution in [2.45, 2.75) is 25.7 Å². The minimum atomic E-state index is 0.626. The van der Waals surface area contributed by atoms with E-state index < -0.39 is 0 Å². The van der Waals surface area contributed by atoms with Gasteiger partial charge < -0.3 is 14.2 Å². The first-order valence-corrected chi connectivity index (χ1v) is 9.62. The van der Waals surface area contributed by atoms with E-state index in [-0.39, 0.29) is 0 Å². The van der Waals surface area contributed by atoms with Crippen LogP contribution >= 0.6 is 0 Å². The zero-order valence-electron chi connectivity index (χ0n) is 15.1. The van der Waals surface area contributed by atoms with Crippen LogP contribution < -0.4 is 4.74 Å². The van der Waals surface area contributed by atoms with Crippen molar-refractivity contribution in [1.29, 1.82) is 0 Å². The number of rotatable bonds is 7. The summed E-state index contributed by atoms with van der Waals surface area (Å²) >= 11 is 0. The van der Waals surface area contributed by atoms with E-state index in [9.17, 15) is 0 Å². The molecule has 26 heavy (non-hydrogen) atoms. The minimum absolute atomic E-state index is 0.626. The lowest BCUT2D eigenvalue weighted by Gasteiger charge is -2.31. The molecule has 136 valence electrons. The van der Waals surface area contributed by atoms with Crippen molar-refractivity contribution in [2.24, 2.45) is 5.92 Å². The molecule has 0 bridgehead atoms. The van der Waals surface area contributed by atoms with Gasteiger partial charge in [0.15, 0.2) is 5.58 Å². The molecule has 1 aliphatic heterocycles. The van der Waals surface area contributed by atoms with Crippen LogP contribution in [0.5, 0.6) is 5.88 Å². The summed E-state index contributed by atoms with van der Waals surface area (Å²) < 4.78 is 11.2. The molecule has 0 unspecified atom stereocenters. The fourth-order valence-corrected chi connectivity index (χ4v) is 3.72. The van der Waals surface area contributed by atoms with E-state index in [1.54, 1.807) is 0 Å². The fraction of sp³-hybridized carbons (Fsp3) is 0.409. The molecule has 1 fully saturated rings. The highest BCUT2D eigenvalue weighted by molar-refractivity contribution is 5.81. The number of piperidine rings is 1. The Morgan fingerprint density at radius 1 is 1.00 bits per heavy atom. The molecule has 0 spiro atoms.